The van der Waals surface area contributed by atoms with Gasteiger partial charge in [-0.2, -0.15) is 0 Å². The average molecular weight is 485 g/mol. The van der Waals surface area contributed by atoms with E-state index in [0.717, 1.165) is 33.6 Å². The molecule has 0 fully saturated rings. The molecule has 0 saturated carbocycles. The number of amides is 1. The Hall–Kier alpha value is -3.97. The van der Waals surface area contributed by atoms with Gasteiger partial charge < -0.3 is 19.7 Å². The fourth-order valence-corrected chi connectivity index (χ4v) is 4.07. The molecule has 0 spiro atoms. The Bertz CT molecular complexity index is 1280. The smallest absolute Gasteiger partial charge is 0.222 e. The van der Waals surface area contributed by atoms with Crippen molar-refractivity contribution in [2.45, 2.75) is 19.4 Å². The van der Waals surface area contributed by atoms with Crippen LogP contribution in [0.4, 0.5) is 5.82 Å². The van der Waals surface area contributed by atoms with Gasteiger partial charge in [0.15, 0.2) is 5.82 Å². The number of rotatable bonds is 11. The van der Waals surface area contributed by atoms with E-state index >= 15 is 0 Å². The quantitative estimate of drug-likeness (QED) is 0.322. The van der Waals surface area contributed by atoms with Gasteiger partial charge in [0.2, 0.25) is 5.91 Å². The second-order valence-corrected chi connectivity index (χ2v) is 8.55. The van der Waals surface area contributed by atoms with Crippen LogP contribution in [0, 0.1) is 0 Å². The molecule has 1 amide bonds. The SMILES string of the molecule is COCCN(CCC(=O)NC(C)c1ccccc1)c1nc(-c2ccc(OC)cc2)nc2ccccc12. The van der Waals surface area contributed by atoms with Crippen LogP contribution >= 0.6 is 0 Å². The molecule has 1 N–H and O–H groups in total. The maximum atomic E-state index is 12.8. The van der Waals surface area contributed by atoms with E-state index in [1.807, 2.05) is 85.8 Å². The van der Waals surface area contributed by atoms with Crippen molar-refractivity contribution in [3.8, 4) is 17.1 Å². The molecular formula is C29H32N4O3. The minimum Gasteiger partial charge on any atom is -0.497 e. The Labute approximate surface area is 212 Å². The predicted molar refractivity (Wildman–Crippen MR) is 143 cm³/mol. The fraction of sp³-hybridized carbons (Fsp3) is 0.276. The molecule has 1 unspecified atom stereocenters. The van der Waals surface area contributed by atoms with Crippen molar-refractivity contribution in [3.63, 3.8) is 0 Å². The van der Waals surface area contributed by atoms with Crippen molar-refractivity contribution in [2.75, 3.05) is 38.8 Å². The summed E-state index contributed by atoms with van der Waals surface area (Å²) in [4.78, 5) is 24.7. The molecule has 0 aliphatic carbocycles. The third kappa shape index (κ3) is 6.17. The minimum atomic E-state index is -0.0623. The molecule has 1 heterocycles. The van der Waals surface area contributed by atoms with Crippen LogP contribution in [0.2, 0.25) is 0 Å². The van der Waals surface area contributed by atoms with Gasteiger partial charge in [-0.1, -0.05) is 42.5 Å². The van der Waals surface area contributed by atoms with E-state index in [-0.39, 0.29) is 11.9 Å². The molecule has 7 heteroatoms. The van der Waals surface area contributed by atoms with E-state index in [1.165, 1.54) is 0 Å². The summed E-state index contributed by atoms with van der Waals surface area (Å²) in [6.07, 6.45) is 0.330. The van der Waals surface area contributed by atoms with E-state index in [4.69, 9.17) is 19.4 Å². The lowest BCUT2D eigenvalue weighted by atomic mass is 10.1. The highest BCUT2D eigenvalue weighted by molar-refractivity contribution is 5.91. The molecule has 186 valence electrons. The van der Waals surface area contributed by atoms with Gasteiger partial charge in [0.1, 0.15) is 11.6 Å². The van der Waals surface area contributed by atoms with Gasteiger partial charge in [0, 0.05) is 37.6 Å². The Morgan fingerprint density at radius 3 is 2.36 bits per heavy atom. The highest BCUT2D eigenvalue weighted by Crippen LogP contribution is 2.28. The maximum absolute atomic E-state index is 12.8. The molecule has 0 radical (unpaired) electrons. The van der Waals surface area contributed by atoms with Crippen LogP contribution in [0.1, 0.15) is 24.9 Å². The molecule has 3 aromatic carbocycles. The topological polar surface area (TPSA) is 76.6 Å². The lowest BCUT2D eigenvalue weighted by Crippen LogP contribution is -2.34. The fourth-order valence-electron chi connectivity index (χ4n) is 4.07. The van der Waals surface area contributed by atoms with Crippen molar-refractivity contribution >= 4 is 22.6 Å². The normalized spacial score (nSPS) is 11.8. The van der Waals surface area contributed by atoms with Crippen molar-refractivity contribution in [1.82, 2.24) is 15.3 Å². The standard InChI is InChI=1S/C29H32N4O3/c1-21(22-9-5-4-6-10-22)30-27(34)17-18-33(19-20-35-2)29-25-11-7-8-12-26(25)31-28(32-29)23-13-15-24(36-3)16-14-23/h4-16,21H,17-20H2,1-3H3,(H,30,34). The largest absolute Gasteiger partial charge is 0.497 e. The number of ether oxygens (including phenoxy) is 2. The van der Waals surface area contributed by atoms with Crippen molar-refractivity contribution in [1.29, 1.82) is 0 Å². The van der Waals surface area contributed by atoms with Gasteiger partial charge >= 0.3 is 0 Å². The molecule has 4 aromatic rings. The average Bonchev–Trinajstić information content (AvgIpc) is 2.93. The van der Waals surface area contributed by atoms with Crippen molar-refractivity contribution < 1.29 is 14.3 Å². The van der Waals surface area contributed by atoms with Gasteiger partial charge in [0.05, 0.1) is 25.3 Å². The van der Waals surface area contributed by atoms with Gasteiger partial charge in [0.25, 0.3) is 0 Å². The molecular weight excluding hydrogens is 452 g/mol. The number of hydrogen-bond donors (Lipinski definition) is 1. The zero-order chi connectivity index (χ0) is 25.3. The number of nitrogens with one attached hydrogen (secondary N) is 1. The van der Waals surface area contributed by atoms with E-state index in [2.05, 4.69) is 10.2 Å². The first-order chi connectivity index (χ1) is 17.6. The van der Waals surface area contributed by atoms with E-state index in [0.29, 0.717) is 31.9 Å². The molecule has 0 aliphatic heterocycles. The molecule has 1 aromatic heterocycles. The lowest BCUT2D eigenvalue weighted by molar-refractivity contribution is -0.121. The summed E-state index contributed by atoms with van der Waals surface area (Å²) in [5.74, 6) is 2.17. The summed E-state index contributed by atoms with van der Waals surface area (Å²) in [7, 11) is 3.32. The predicted octanol–water partition coefficient (Wildman–Crippen LogP) is 5.03. The van der Waals surface area contributed by atoms with Crippen LogP contribution in [-0.2, 0) is 9.53 Å². The van der Waals surface area contributed by atoms with E-state index in [1.54, 1.807) is 14.2 Å². The summed E-state index contributed by atoms with van der Waals surface area (Å²) in [5, 5.41) is 4.04. The van der Waals surface area contributed by atoms with Gasteiger partial charge in [-0.3, -0.25) is 4.79 Å². The van der Waals surface area contributed by atoms with Crippen LogP contribution < -0.4 is 15.0 Å². The minimum absolute atomic E-state index is 0.0116. The number of carbonyl (C=O) groups is 1. The monoisotopic (exact) mass is 484 g/mol. The first-order valence-corrected chi connectivity index (χ1v) is 12.1. The van der Waals surface area contributed by atoms with Crippen LogP contribution in [0.25, 0.3) is 22.3 Å². The number of anilines is 1. The lowest BCUT2D eigenvalue weighted by Gasteiger charge is -2.25. The van der Waals surface area contributed by atoms with Crippen molar-refractivity contribution in [2.24, 2.45) is 0 Å². The number of benzene rings is 3. The number of methoxy groups -OCH3 is 2. The zero-order valence-electron chi connectivity index (χ0n) is 21.0. The summed E-state index contributed by atoms with van der Waals surface area (Å²) in [5.41, 5.74) is 2.81. The number of nitrogens with zero attached hydrogens (tertiary/aromatic N) is 3. The van der Waals surface area contributed by atoms with Crippen LogP contribution in [0.5, 0.6) is 5.75 Å². The second kappa shape index (κ2) is 12.1. The zero-order valence-corrected chi connectivity index (χ0v) is 21.0. The van der Waals surface area contributed by atoms with Gasteiger partial charge in [-0.25, -0.2) is 9.97 Å². The highest BCUT2D eigenvalue weighted by Gasteiger charge is 2.18. The molecule has 7 nitrogen and oxygen atoms in total. The third-order valence-electron chi connectivity index (χ3n) is 6.08. The van der Waals surface area contributed by atoms with Crippen LogP contribution in [0.3, 0.4) is 0 Å². The first kappa shape index (κ1) is 25.1. The van der Waals surface area contributed by atoms with E-state index in [9.17, 15) is 4.79 Å². The number of para-hydroxylation sites is 1. The molecule has 36 heavy (non-hydrogen) atoms. The van der Waals surface area contributed by atoms with Crippen LogP contribution in [-0.4, -0.2) is 49.8 Å². The maximum Gasteiger partial charge on any atom is 0.222 e. The Balaban J connectivity index is 1.59. The molecule has 1 atom stereocenters. The number of fused-ring (bicyclic) bond motifs is 1. The Morgan fingerprint density at radius 1 is 0.917 bits per heavy atom. The van der Waals surface area contributed by atoms with Gasteiger partial charge in [-0.15, -0.1) is 0 Å². The second-order valence-electron chi connectivity index (χ2n) is 8.55. The first-order valence-electron chi connectivity index (χ1n) is 12.1. The molecule has 4 rings (SSSR count). The number of hydrogen-bond acceptors (Lipinski definition) is 6. The number of aromatic nitrogens is 2. The van der Waals surface area contributed by atoms with Crippen LogP contribution in [0.15, 0.2) is 78.9 Å². The summed E-state index contributed by atoms with van der Waals surface area (Å²) in [6, 6.07) is 25.5. The highest BCUT2D eigenvalue weighted by atomic mass is 16.5. The third-order valence-corrected chi connectivity index (χ3v) is 6.08. The van der Waals surface area contributed by atoms with Gasteiger partial charge in [-0.05, 0) is 48.9 Å². The summed E-state index contributed by atoms with van der Waals surface area (Å²) in [6.45, 7) is 3.61. The Kier molecular flexibility index (Phi) is 8.47. The van der Waals surface area contributed by atoms with Crippen molar-refractivity contribution in [3.05, 3.63) is 84.4 Å². The summed E-state index contributed by atoms with van der Waals surface area (Å²) >= 11 is 0. The summed E-state index contributed by atoms with van der Waals surface area (Å²) < 4.78 is 10.7. The Morgan fingerprint density at radius 2 is 1.64 bits per heavy atom. The molecule has 0 bridgehead atoms. The molecule has 0 saturated heterocycles. The number of carbonyl (C=O) groups excluding carboxylic acids is 1. The van der Waals surface area contributed by atoms with E-state index < -0.39 is 0 Å². The molecule has 0 aliphatic rings.